The average Bonchev–Trinajstić information content (AvgIpc) is 2.83. The zero-order valence-corrected chi connectivity index (χ0v) is 9.74. The van der Waals surface area contributed by atoms with Crippen molar-refractivity contribution in [1.82, 2.24) is 5.32 Å². The van der Waals surface area contributed by atoms with E-state index in [9.17, 15) is 5.11 Å². The van der Waals surface area contributed by atoms with Gasteiger partial charge in [0.05, 0.1) is 0 Å². The van der Waals surface area contributed by atoms with Crippen LogP contribution in [-0.4, -0.2) is 25.0 Å². The standard InChI is InChI=1S/C13H17NO3/c15-11-1-2-12-13(17-8-16-12)10(11)7-9-3-5-14-6-4-9/h1-2,9,14-15H,3-8H2. The lowest BCUT2D eigenvalue weighted by molar-refractivity contribution is 0.172. The van der Waals surface area contributed by atoms with Crippen molar-refractivity contribution in [3.05, 3.63) is 17.7 Å². The van der Waals surface area contributed by atoms with Crippen LogP contribution < -0.4 is 14.8 Å². The molecule has 1 aromatic carbocycles. The van der Waals surface area contributed by atoms with E-state index in [0.29, 0.717) is 11.7 Å². The van der Waals surface area contributed by atoms with Crippen molar-refractivity contribution in [2.24, 2.45) is 5.92 Å². The van der Waals surface area contributed by atoms with Gasteiger partial charge in [-0.3, -0.25) is 0 Å². The molecule has 0 bridgehead atoms. The van der Waals surface area contributed by atoms with Crippen LogP contribution in [-0.2, 0) is 6.42 Å². The number of benzene rings is 1. The molecule has 0 unspecified atom stereocenters. The third-order valence-corrected chi connectivity index (χ3v) is 3.57. The molecule has 1 fully saturated rings. The van der Waals surface area contributed by atoms with E-state index in [1.165, 1.54) is 0 Å². The summed E-state index contributed by atoms with van der Waals surface area (Å²) >= 11 is 0. The number of ether oxygens (including phenoxy) is 2. The van der Waals surface area contributed by atoms with Crippen molar-refractivity contribution in [2.75, 3.05) is 19.9 Å². The van der Waals surface area contributed by atoms with Gasteiger partial charge in [-0.15, -0.1) is 0 Å². The monoisotopic (exact) mass is 235 g/mol. The fourth-order valence-electron chi connectivity index (χ4n) is 2.59. The zero-order valence-electron chi connectivity index (χ0n) is 9.74. The van der Waals surface area contributed by atoms with Crippen LogP contribution in [0.4, 0.5) is 0 Å². The van der Waals surface area contributed by atoms with E-state index in [0.717, 1.165) is 49.4 Å². The number of phenols is 1. The van der Waals surface area contributed by atoms with Crippen molar-refractivity contribution < 1.29 is 14.6 Å². The first-order valence-corrected chi connectivity index (χ1v) is 6.16. The van der Waals surface area contributed by atoms with Crippen LogP contribution in [0.15, 0.2) is 12.1 Å². The molecule has 3 rings (SSSR count). The Morgan fingerprint density at radius 1 is 1.24 bits per heavy atom. The summed E-state index contributed by atoms with van der Waals surface area (Å²) in [6.45, 7) is 2.40. The number of piperidine rings is 1. The fourth-order valence-corrected chi connectivity index (χ4v) is 2.59. The fraction of sp³-hybridized carbons (Fsp3) is 0.538. The summed E-state index contributed by atoms with van der Waals surface area (Å²) in [5, 5.41) is 13.3. The quantitative estimate of drug-likeness (QED) is 0.818. The molecule has 0 aromatic heterocycles. The summed E-state index contributed by atoms with van der Waals surface area (Å²) < 4.78 is 10.8. The summed E-state index contributed by atoms with van der Waals surface area (Å²) in [6.07, 6.45) is 3.19. The molecule has 92 valence electrons. The molecule has 1 aromatic rings. The minimum absolute atomic E-state index is 0.262. The van der Waals surface area contributed by atoms with Crippen molar-refractivity contribution in [3.8, 4) is 17.2 Å². The third kappa shape index (κ3) is 2.05. The minimum atomic E-state index is 0.262. The third-order valence-electron chi connectivity index (χ3n) is 3.57. The minimum Gasteiger partial charge on any atom is -0.508 e. The predicted molar refractivity (Wildman–Crippen MR) is 63.5 cm³/mol. The van der Waals surface area contributed by atoms with Crippen LogP contribution in [0.5, 0.6) is 17.2 Å². The molecule has 2 heterocycles. The molecule has 0 spiro atoms. The largest absolute Gasteiger partial charge is 0.508 e. The SMILES string of the molecule is Oc1ccc2c(c1CC1CCNCC1)OCO2. The molecule has 4 heteroatoms. The van der Waals surface area contributed by atoms with Gasteiger partial charge < -0.3 is 19.9 Å². The Morgan fingerprint density at radius 3 is 2.88 bits per heavy atom. The Morgan fingerprint density at radius 2 is 2.06 bits per heavy atom. The first-order valence-electron chi connectivity index (χ1n) is 6.16. The smallest absolute Gasteiger partial charge is 0.231 e. The average molecular weight is 235 g/mol. The second-order valence-corrected chi connectivity index (χ2v) is 4.69. The van der Waals surface area contributed by atoms with E-state index in [4.69, 9.17) is 9.47 Å². The maximum Gasteiger partial charge on any atom is 0.231 e. The molecule has 0 radical (unpaired) electrons. The molecule has 1 saturated heterocycles. The van der Waals surface area contributed by atoms with E-state index >= 15 is 0 Å². The maximum absolute atomic E-state index is 9.95. The molecule has 2 N–H and O–H groups in total. The van der Waals surface area contributed by atoms with E-state index in [1.807, 2.05) is 0 Å². The molecular weight excluding hydrogens is 218 g/mol. The van der Waals surface area contributed by atoms with Gasteiger partial charge in [-0.2, -0.15) is 0 Å². The molecule has 4 nitrogen and oxygen atoms in total. The van der Waals surface area contributed by atoms with Crippen LogP contribution in [0, 0.1) is 5.92 Å². The van der Waals surface area contributed by atoms with E-state index in [-0.39, 0.29) is 6.79 Å². The summed E-state index contributed by atoms with van der Waals surface area (Å²) in [6, 6.07) is 3.47. The van der Waals surface area contributed by atoms with Gasteiger partial charge in [-0.05, 0) is 50.4 Å². The van der Waals surface area contributed by atoms with Crippen molar-refractivity contribution in [3.63, 3.8) is 0 Å². The number of hydrogen-bond acceptors (Lipinski definition) is 4. The van der Waals surface area contributed by atoms with Gasteiger partial charge in [-0.25, -0.2) is 0 Å². The van der Waals surface area contributed by atoms with Crippen LogP contribution in [0.3, 0.4) is 0 Å². The number of hydrogen-bond donors (Lipinski definition) is 2. The van der Waals surface area contributed by atoms with Crippen molar-refractivity contribution in [1.29, 1.82) is 0 Å². The van der Waals surface area contributed by atoms with Gasteiger partial charge in [0.2, 0.25) is 6.79 Å². The molecule has 0 atom stereocenters. The lowest BCUT2D eigenvalue weighted by Gasteiger charge is -2.23. The normalized spacial score (nSPS) is 19.5. The summed E-state index contributed by atoms with van der Waals surface area (Å²) in [4.78, 5) is 0. The Bertz CT molecular complexity index is 413. The van der Waals surface area contributed by atoms with Crippen LogP contribution >= 0.6 is 0 Å². The molecule has 0 saturated carbocycles. The van der Waals surface area contributed by atoms with Gasteiger partial charge in [0.25, 0.3) is 0 Å². The highest BCUT2D eigenvalue weighted by atomic mass is 16.7. The number of aromatic hydroxyl groups is 1. The van der Waals surface area contributed by atoms with E-state index in [1.54, 1.807) is 12.1 Å². The maximum atomic E-state index is 9.95. The number of phenolic OH excluding ortho intramolecular Hbond substituents is 1. The van der Waals surface area contributed by atoms with Crippen LogP contribution in [0.2, 0.25) is 0 Å². The molecule has 2 aliphatic heterocycles. The highest BCUT2D eigenvalue weighted by molar-refractivity contribution is 5.54. The Labute approximate surface area is 101 Å². The second kappa shape index (κ2) is 4.45. The molecule has 0 amide bonds. The first-order chi connectivity index (χ1) is 8.34. The van der Waals surface area contributed by atoms with Crippen LogP contribution in [0.1, 0.15) is 18.4 Å². The molecule has 0 aliphatic carbocycles. The molecule has 2 aliphatic rings. The Kier molecular flexibility index (Phi) is 2.81. The molecule has 17 heavy (non-hydrogen) atoms. The zero-order chi connectivity index (χ0) is 11.7. The first kappa shape index (κ1) is 10.7. The number of nitrogens with one attached hydrogen (secondary N) is 1. The van der Waals surface area contributed by atoms with Crippen molar-refractivity contribution in [2.45, 2.75) is 19.3 Å². The predicted octanol–water partition coefficient (Wildman–Crippen LogP) is 1.66. The second-order valence-electron chi connectivity index (χ2n) is 4.69. The number of fused-ring (bicyclic) bond motifs is 1. The lowest BCUT2D eigenvalue weighted by atomic mass is 9.90. The highest BCUT2D eigenvalue weighted by Gasteiger charge is 2.24. The Balaban J connectivity index is 1.84. The van der Waals surface area contributed by atoms with Gasteiger partial charge in [0.1, 0.15) is 5.75 Å². The summed E-state index contributed by atoms with van der Waals surface area (Å²) in [5.41, 5.74) is 0.909. The van der Waals surface area contributed by atoms with Crippen LogP contribution in [0.25, 0.3) is 0 Å². The summed E-state index contributed by atoms with van der Waals surface area (Å²) in [7, 11) is 0. The molecular formula is C13H17NO3. The van der Waals surface area contributed by atoms with Gasteiger partial charge in [0.15, 0.2) is 11.5 Å². The lowest BCUT2D eigenvalue weighted by Crippen LogP contribution is -2.28. The topological polar surface area (TPSA) is 50.7 Å². The Hall–Kier alpha value is -1.42. The van der Waals surface area contributed by atoms with Crippen molar-refractivity contribution >= 4 is 0 Å². The van der Waals surface area contributed by atoms with Gasteiger partial charge in [-0.1, -0.05) is 0 Å². The highest BCUT2D eigenvalue weighted by Crippen LogP contribution is 2.42. The van der Waals surface area contributed by atoms with E-state index in [2.05, 4.69) is 5.32 Å². The summed E-state index contributed by atoms with van der Waals surface area (Å²) in [5.74, 6) is 2.45. The van der Waals surface area contributed by atoms with Gasteiger partial charge in [0, 0.05) is 5.56 Å². The van der Waals surface area contributed by atoms with E-state index < -0.39 is 0 Å². The van der Waals surface area contributed by atoms with Gasteiger partial charge >= 0.3 is 0 Å². The number of rotatable bonds is 2.